The number of carbonyl (C=O) groups excluding carboxylic acids is 2. The van der Waals surface area contributed by atoms with Gasteiger partial charge in [-0.2, -0.15) is 0 Å². The van der Waals surface area contributed by atoms with E-state index >= 15 is 0 Å². The van der Waals surface area contributed by atoms with Crippen molar-refractivity contribution in [1.82, 2.24) is 0 Å². The number of epoxide rings is 1. The van der Waals surface area contributed by atoms with Crippen LogP contribution in [0.5, 0.6) is 0 Å². The second kappa shape index (κ2) is 55.2. The number of ether oxygens (including phenoxy) is 9. The second-order valence-corrected chi connectivity index (χ2v) is 24.6. The van der Waals surface area contributed by atoms with Crippen molar-refractivity contribution in [2.45, 2.75) is 203 Å². The molecule has 95 heavy (non-hydrogen) atoms. The van der Waals surface area contributed by atoms with Crippen molar-refractivity contribution in [2.75, 3.05) is 85.9 Å². The fraction of sp³-hybridized carbons (Fsp3) is 0.592. The zero-order chi connectivity index (χ0) is 69.8. The summed E-state index contributed by atoms with van der Waals surface area (Å²) < 4.78 is 48.5. The van der Waals surface area contributed by atoms with Crippen LogP contribution in [0.4, 0.5) is 0 Å². The molecule has 19 heteroatoms. The van der Waals surface area contributed by atoms with Gasteiger partial charge in [-0.3, -0.25) is 0 Å². The zero-order valence-electron chi connectivity index (χ0n) is 59.3. The molecule has 5 heterocycles. The molecule has 7 atom stereocenters. The van der Waals surface area contributed by atoms with Crippen molar-refractivity contribution in [3.05, 3.63) is 172 Å². The predicted octanol–water partition coefficient (Wildman–Crippen LogP) is 11.2. The van der Waals surface area contributed by atoms with Crippen LogP contribution in [-0.4, -0.2) is 174 Å². The maximum atomic E-state index is 11.9. The van der Waals surface area contributed by atoms with Crippen LogP contribution in [0.3, 0.4) is 0 Å². The molecule has 3 saturated heterocycles. The summed E-state index contributed by atoms with van der Waals surface area (Å²) in [6, 6.07) is 17.9. The van der Waals surface area contributed by atoms with Crippen molar-refractivity contribution < 1.29 is 118 Å². The number of aliphatic carboxylic acids is 1. The van der Waals surface area contributed by atoms with Gasteiger partial charge in [0.05, 0.1) is 43.2 Å². The molecule has 2 aromatic rings. The van der Waals surface area contributed by atoms with Gasteiger partial charge in [0.2, 0.25) is 0 Å². The quantitative estimate of drug-likeness (QED) is 0.0193. The molecule has 0 spiro atoms. The number of allylic oxidation sites excluding steroid dienone is 5. The van der Waals surface area contributed by atoms with E-state index < -0.39 is 34.0 Å². The molecule has 5 aliphatic heterocycles. The number of hydrogen-bond acceptors (Lipinski definition) is 17. The summed E-state index contributed by atoms with van der Waals surface area (Å²) in [6.07, 6.45) is 36.6. The number of hydrogen-bond donors (Lipinski definition) is 5. The summed E-state index contributed by atoms with van der Waals surface area (Å²) in [5, 5.41) is 43.7. The van der Waals surface area contributed by atoms with Gasteiger partial charge < -0.3 is 73.6 Å². The fourth-order valence-corrected chi connectivity index (χ4v) is 8.13. The van der Waals surface area contributed by atoms with Gasteiger partial charge in [-0.25, -0.2) is 14.4 Å². The minimum absolute atomic E-state index is 0. The topological polar surface area (TPSA) is 269 Å². The van der Waals surface area contributed by atoms with Gasteiger partial charge in [-0.05, 0) is 169 Å². The van der Waals surface area contributed by atoms with Crippen molar-refractivity contribution in [3.63, 3.8) is 0 Å². The summed E-state index contributed by atoms with van der Waals surface area (Å²) in [6.45, 7) is 40.6. The Kier molecular flexibility index (Phi) is 54.9. The van der Waals surface area contributed by atoms with Crippen molar-refractivity contribution in [2.24, 2.45) is 0 Å². The summed E-state index contributed by atoms with van der Waals surface area (Å²) in [5.41, 5.74) is -2.17. The summed E-state index contributed by atoms with van der Waals surface area (Å²) in [4.78, 5) is 34.4. The average molecular weight is 1350 g/mol. The van der Waals surface area contributed by atoms with Crippen LogP contribution in [0.15, 0.2) is 161 Å². The number of aliphatic hydroxyl groups excluding tert-OH is 4. The first-order chi connectivity index (χ1) is 44.4. The van der Waals surface area contributed by atoms with Crippen LogP contribution in [0.2, 0.25) is 0 Å². The Morgan fingerprint density at radius 1 is 0.558 bits per heavy atom. The molecule has 18 nitrogen and oxygen atoms in total. The SMILES string of the molecule is C=CC1(C)CO1.C=CCCCO.C=CCCCO[C@](C)(C=C)CO.C=CCCCO[C@](C)(C=C)COC(=O)c1ccccc1.C[C@]1(C(=O)O)CCCCCO1.C[C@]1(CO)C=CCCCO1.C[C@]1(CO)CCCCCO1.C[C@]1(COC(=O)c2ccccc2)C=CCCCO1.[Na+].[OH-]. The molecule has 0 aliphatic carbocycles. The summed E-state index contributed by atoms with van der Waals surface area (Å²) in [7, 11) is 0. The van der Waals surface area contributed by atoms with Crippen LogP contribution in [0.1, 0.15) is 185 Å². The molecule has 3 fully saturated rings. The predicted molar refractivity (Wildman–Crippen MR) is 374 cm³/mol. The first-order valence-electron chi connectivity index (χ1n) is 33.0. The van der Waals surface area contributed by atoms with Gasteiger partial charge in [0, 0.05) is 46.2 Å². The first kappa shape index (κ1) is 94.5. The van der Waals surface area contributed by atoms with Gasteiger partial charge in [0.25, 0.3) is 0 Å². The molecule has 0 saturated carbocycles. The molecular weight excluding hydrogens is 1220 g/mol. The summed E-state index contributed by atoms with van der Waals surface area (Å²) in [5.74, 6) is -1.49. The Hall–Kier alpha value is -4.71. The Labute approximate surface area is 593 Å². The molecular formula is C76H121NaO18. The molecule has 0 bridgehead atoms. The second-order valence-electron chi connectivity index (χ2n) is 24.6. The van der Waals surface area contributed by atoms with Gasteiger partial charge >= 0.3 is 47.5 Å². The van der Waals surface area contributed by atoms with E-state index in [0.29, 0.717) is 44.0 Å². The largest absolute Gasteiger partial charge is 1.00 e. The number of carboxylic acid groups (broad SMARTS) is 1. The minimum atomic E-state index is -0.920. The van der Waals surface area contributed by atoms with E-state index in [1.165, 1.54) is 12.8 Å². The van der Waals surface area contributed by atoms with Crippen LogP contribution >= 0.6 is 0 Å². The van der Waals surface area contributed by atoms with Gasteiger partial charge in [0.1, 0.15) is 41.2 Å². The van der Waals surface area contributed by atoms with Crippen molar-refractivity contribution in [3.8, 4) is 0 Å². The molecule has 0 aromatic heterocycles. The van der Waals surface area contributed by atoms with E-state index in [0.717, 1.165) is 116 Å². The van der Waals surface area contributed by atoms with E-state index in [4.69, 9.17) is 68.2 Å². The van der Waals surface area contributed by atoms with Crippen LogP contribution in [0, 0.1) is 0 Å². The molecule has 0 amide bonds. The molecule has 5 aliphatic rings. The van der Waals surface area contributed by atoms with E-state index in [2.05, 4.69) is 51.6 Å². The molecule has 534 valence electrons. The Balaban J connectivity index is -0.00000104. The first-order valence-corrected chi connectivity index (χ1v) is 33.0. The zero-order valence-corrected chi connectivity index (χ0v) is 61.3. The third-order valence-corrected chi connectivity index (χ3v) is 15.2. The van der Waals surface area contributed by atoms with Gasteiger partial charge in [-0.15, -0.1) is 39.5 Å². The molecule has 6 N–H and O–H groups in total. The standard InChI is InChI=1S/C17H22O3.C15H18O3.C10H18O2.C8H14O3.C8H16O2.C8H14O2.C5H8O.C5H10O.Na.H2O/c1-4-6-10-13-20-17(3,5-2)14-19-16(18)15-11-8-7-9-12-15;1-15(10-6-3-7-11-18-15)12-17-14(16)13-8-4-2-5-9-13;1-4-6-7-8-12-10(3,5-2)9-11;1-8(7(9)10)5-3-2-4-6-11-8;2*1-8(7-9)5-3-2-4-6-10-8;1-3-5(2)4-6-5;1-2-3-4-5-6;;/h4-5,7-9,11-12H,1-2,6,10,13-14H2,3H3;2,4-6,8-10H,3,7,11-12H2,1H3;4-5,11H,1-2,6-9H2,3H3;2-6H2,1H3,(H,9,10);9H,2-7H2,1H3;3,5,9H,2,4,6-7H2,1H3;3H,1,4H2,2H3;2,6H,1,3-5H2;;1H2/q;;;;;;;;+1;/p-1/t17-;15-;10-;3*8-;;;;/m111111..../s1. The molecule has 7 rings (SSSR count). The van der Waals surface area contributed by atoms with E-state index in [1.807, 2.05) is 96.2 Å². The number of esters is 2. The van der Waals surface area contributed by atoms with Gasteiger partial charge in [0.15, 0.2) is 5.60 Å². The third-order valence-electron chi connectivity index (χ3n) is 15.2. The number of carbonyl (C=O) groups is 3. The molecule has 0 radical (unpaired) electrons. The maximum Gasteiger partial charge on any atom is 1.00 e. The third kappa shape index (κ3) is 46.2. The average Bonchev–Trinajstić information content (AvgIpc) is 1.88. The molecule has 1 unspecified atom stereocenters. The number of carboxylic acids is 1. The normalized spacial score (nSPS) is 23.4. The smallest absolute Gasteiger partial charge is 0.870 e. The Morgan fingerprint density at radius 2 is 1.01 bits per heavy atom. The van der Waals surface area contributed by atoms with Crippen molar-refractivity contribution in [1.29, 1.82) is 0 Å². The number of unbranched alkanes of at least 4 members (excludes halogenated alkanes) is 3. The van der Waals surface area contributed by atoms with Crippen LogP contribution in [0.25, 0.3) is 0 Å². The van der Waals surface area contributed by atoms with E-state index in [1.54, 1.807) is 61.5 Å². The Morgan fingerprint density at radius 3 is 1.43 bits per heavy atom. The van der Waals surface area contributed by atoms with Crippen LogP contribution < -0.4 is 29.6 Å². The van der Waals surface area contributed by atoms with E-state index in [-0.39, 0.29) is 97.8 Å². The van der Waals surface area contributed by atoms with Gasteiger partial charge in [-0.1, -0.05) is 116 Å². The van der Waals surface area contributed by atoms with Crippen molar-refractivity contribution >= 4 is 17.9 Å². The Bertz CT molecular complexity index is 2400. The minimum Gasteiger partial charge on any atom is -0.870 e. The number of aliphatic hydroxyl groups is 4. The van der Waals surface area contributed by atoms with E-state index in [9.17, 15) is 14.4 Å². The number of rotatable bonds is 26. The number of benzene rings is 2. The summed E-state index contributed by atoms with van der Waals surface area (Å²) >= 11 is 0. The monoisotopic (exact) mass is 1340 g/mol. The maximum absolute atomic E-state index is 11.9. The van der Waals surface area contributed by atoms with Crippen LogP contribution in [-0.2, 0) is 47.4 Å². The fourth-order valence-electron chi connectivity index (χ4n) is 8.13. The molecule has 2 aromatic carbocycles.